The lowest BCUT2D eigenvalue weighted by molar-refractivity contribution is -0.120. The molecule has 1 atom stereocenters. The highest BCUT2D eigenvalue weighted by molar-refractivity contribution is 7.20. The maximum atomic E-state index is 12.9. The van der Waals surface area contributed by atoms with Gasteiger partial charge in [0.2, 0.25) is 16.0 Å². The third kappa shape index (κ3) is 4.05. The molecule has 3 heterocycles. The summed E-state index contributed by atoms with van der Waals surface area (Å²) in [6.07, 6.45) is 3.80. The number of fused-ring (bicyclic) bond motifs is 1. The predicted octanol–water partition coefficient (Wildman–Crippen LogP) is 4.63. The number of carbonyl (C=O) groups excluding carboxylic acids is 1. The topological polar surface area (TPSA) is 71.8 Å². The molecule has 8 heteroatoms. The molecule has 0 bridgehead atoms. The first-order valence-electron chi connectivity index (χ1n) is 10.7. The van der Waals surface area contributed by atoms with E-state index in [2.05, 4.69) is 10.2 Å². The molecule has 7 nitrogen and oxygen atoms in total. The fourth-order valence-electron chi connectivity index (χ4n) is 4.03. The van der Waals surface area contributed by atoms with Gasteiger partial charge in [-0.3, -0.25) is 4.79 Å². The van der Waals surface area contributed by atoms with Crippen LogP contribution in [0.3, 0.4) is 0 Å². The van der Waals surface area contributed by atoms with Crippen LogP contribution >= 0.6 is 11.3 Å². The van der Waals surface area contributed by atoms with E-state index < -0.39 is 0 Å². The monoisotopic (exact) mass is 447 g/mol. The molecule has 1 amide bonds. The Morgan fingerprint density at radius 3 is 2.75 bits per heavy atom. The quantitative estimate of drug-likeness (QED) is 0.483. The van der Waals surface area contributed by atoms with Crippen LogP contribution in [0.25, 0.3) is 16.2 Å². The number of amides is 1. The molecule has 1 N–H and O–H groups in total. The van der Waals surface area contributed by atoms with Crippen LogP contribution < -0.4 is 15.0 Å². The third-order valence-electron chi connectivity index (χ3n) is 5.88. The number of benzene rings is 2. The van der Waals surface area contributed by atoms with E-state index in [-0.39, 0.29) is 11.8 Å². The summed E-state index contributed by atoms with van der Waals surface area (Å²) in [5.74, 6) is 0.836. The zero-order chi connectivity index (χ0) is 22.1. The van der Waals surface area contributed by atoms with Gasteiger partial charge in [-0.2, -0.15) is 0 Å². The number of hydrogen-bond acceptors (Lipinski definition) is 6. The smallest absolute Gasteiger partial charge is 0.229 e. The fraction of sp³-hybridized carbons (Fsp3) is 0.292. The van der Waals surface area contributed by atoms with E-state index in [4.69, 9.17) is 14.8 Å². The number of hydrogen-bond donors (Lipinski definition) is 1. The molecule has 0 spiro atoms. The van der Waals surface area contributed by atoms with Crippen molar-refractivity contribution in [2.75, 3.05) is 30.4 Å². The van der Waals surface area contributed by atoms with Gasteiger partial charge in [-0.25, -0.2) is 9.50 Å². The van der Waals surface area contributed by atoms with Crippen molar-refractivity contribution in [3.8, 4) is 17.0 Å². The summed E-state index contributed by atoms with van der Waals surface area (Å²) in [4.78, 5) is 20.7. The van der Waals surface area contributed by atoms with Gasteiger partial charge in [0.1, 0.15) is 5.75 Å². The molecule has 0 saturated carbocycles. The Bertz CT molecular complexity index is 1220. The van der Waals surface area contributed by atoms with Gasteiger partial charge in [-0.15, -0.1) is 5.10 Å². The number of piperidine rings is 1. The van der Waals surface area contributed by atoms with Crippen molar-refractivity contribution in [3.63, 3.8) is 0 Å². The van der Waals surface area contributed by atoms with Crippen molar-refractivity contribution < 1.29 is 9.53 Å². The zero-order valence-electron chi connectivity index (χ0n) is 18.1. The first-order valence-corrected chi connectivity index (χ1v) is 11.5. The molecule has 32 heavy (non-hydrogen) atoms. The summed E-state index contributed by atoms with van der Waals surface area (Å²) in [7, 11) is 1.66. The van der Waals surface area contributed by atoms with E-state index in [9.17, 15) is 4.79 Å². The number of ether oxygens (including phenoxy) is 1. The van der Waals surface area contributed by atoms with Gasteiger partial charge in [0.25, 0.3) is 0 Å². The summed E-state index contributed by atoms with van der Waals surface area (Å²) < 4.78 is 7.06. The highest BCUT2D eigenvalue weighted by Gasteiger charge is 2.28. The largest absolute Gasteiger partial charge is 0.497 e. The van der Waals surface area contributed by atoms with Crippen LogP contribution in [0, 0.1) is 12.8 Å². The molecule has 0 unspecified atom stereocenters. The van der Waals surface area contributed by atoms with E-state index in [1.807, 2.05) is 66.2 Å². The van der Waals surface area contributed by atoms with Gasteiger partial charge in [-0.05, 0) is 55.7 Å². The van der Waals surface area contributed by atoms with Gasteiger partial charge >= 0.3 is 0 Å². The fourth-order valence-corrected chi connectivity index (χ4v) is 4.95. The number of nitrogens with one attached hydrogen (secondary N) is 1. The van der Waals surface area contributed by atoms with Gasteiger partial charge in [0.15, 0.2) is 0 Å². The standard InChI is InChI=1S/C24H25N5O2S/c1-16-6-3-4-8-20(16)25-22(30)18-7-5-13-28(14-18)24-27-29-15-21(26-23(29)32-24)17-9-11-19(31-2)12-10-17/h3-4,6,8-12,15,18H,5,7,13-14H2,1-2H3,(H,25,30)/t18-/m0/s1. The molecular formula is C24H25N5O2S. The van der Waals surface area contributed by atoms with Crippen molar-refractivity contribution in [2.24, 2.45) is 5.92 Å². The number of nitrogens with zero attached hydrogens (tertiary/aromatic N) is 4. The van der Waals surface area contributed by atoms with Crippen LogP contribution in [-0.4, -0.2) is 40.7 Å². The van der Waals surface area contributed by atoms with E-state index in [1.165, 1.54) is 0 Å². The zero-order valence-corrected chi connectivity index (χ0v) is 18.9. The Morgan fingerprint density at radius 1 is 1.19 bits per heavy atom. The third-order valence-corrected chi connectivity index (χ3v) is 6.87. The lowest BCUT2D eigenvalue weighted by Crippen LogP contribution is -2.40. The van der Waals surface area contributed by atoms with Crippen LogP contribution in [0.4, 0.5) is 10.8 Å². The van der Waals surface area contributed by atoms with Crippen LogP contribution in [0.15, 0.2) is 54.7 Å². The number of aryl methyl sites for hydroxylation is 1. The first kappa shape index (κ1) is 20.5. The second-order valence-electron chi connectivity index (χ2n) is 8.06. The lowest BCUT2D eigenvalue weighted by atomic mass is 9.97. The van der Waals surface area contributed by atoms with Crippen molar-refractivity contribution >= 4 is 33.0 Å². The maximum absolute atomic E-state index is 12.9. The van der Waals surface area contributed by atoms with Crippen molar-refractivity contribution in [2.45, 2.75) is 19.8 Å². The van der Waals surface area contributed by atoms with Crippen LogP contribution in [0.2, 0.25) is 0 Å². The molecule has 1 saturated heterocycles. The molecule has 4 aromatic rings. The van der Waals surface area contributed by atoms with Crippen molar-refractivity contribution in [1.29, 1.82) is 0 Å². The van der Waals surface area contributed by atoms with E-state index in [0.717, 1.165) is 57.7 Å². The van der Waals surface area contributed by atoms with E-state index in [1.54, 1.807) is 18.4 Å². The second-order valence-corrected chi connectivity index (χ2v) is 8.99. The van der Waals surface area contributed by atoms with Crippen LogP contribution in [0.5, 0.6) is 5.75 Å². The molecule has 2 aromatic carbocycles. The lowest BCUT2D eigenvalue weighted by Gasteiger charge is -2.31. The van der Waals surface area contributed by atoms with Crippen molar-refractivity contribution in [3.05, 3.63) is 60.3 Å². The molecule has 0 radical (unpaired) electrons. The Labute approximate surface area is 190 Å². The summed E-state index contributed by atoms with van der Waals surface area (Å²) in [5.41, 5.74) is 3.86. The molecule has 1 aliphatic rings. The van der Waals surface area contributed by atoms with Gasteiger partial charge < -0.3 is 15.0 Å². The van der Waals surface area contributed by atoms with Crippen LogP contribution in [0.1, 0.15) is 18.4 Å². The number of aromatic nitrogens is 3. The normalized spacial score (nSPS) is 16.3. The minimum Gasteiger partial charge on any atom is -0.497 e. The van der Waals surface area contributed by atoms with Gasteiger partial charge in [0, 0.05) is 24.3 Å². The minimum absolute atomic E-state index is 0.0607. The molecular weight excluding hydrogens is 422 g/mol. The predicted molar refractivity (Wildman–Crippen MR) is 128 cm³/mol. The number of para-hydroxylation sites is 1. The number of anilines is 2. The highest BCUT2D eigenvalue weighted by Crippen LogP contribution is 2.30. The number of carbonyl (C=O) groups is 1. The average Bonchev–Trinajstić information content (AvgIpc) is 3.40. The average molecular weight is 448 g/mol. The molecule has 1 aliphatic heterocycles. The molecule has 5 rings (SSSR count). The summed E-state index contributed by atoms with van der Waals surface area (Å²) >= 11 is 1.56. The molecule has 1 fully saturated rings. The maximum Gasteiger partial charge on any atom is 0.229 e. The summed E-state index contributed by atoms with van der Waals surface area (Å²) in [6, 6.07) is 15.7. The Balaban J connectivity index is 1.29. The molecule has 164 valence electrons. The number of imidazole rings is 1. The Hall–Kier alpha value is -3.39. The molecule has 0 aliphatic carbocycles. The SMILES string of the molecule is COc1ccc(-c2cn3nc(N4CCC[C@H](C(=O)Nc5ccccc5C)C4)sc3n2)cc1. The highest BCUT2D eigenvalue weighted by atomic mass is 32.1. The van der Waals surface area contributed by atoms with E-state index >= 15 is 0 Å². The molecule has 2 aromatic heterocycles. The Morgan fingerprint density at radius 2 is 2.00 bits per heavy atom. The van der Waals surface area contributed by atoms with Gasteiger partial charge in [-0.1, -0.05) is 29.5 Å². The number of methoxy groups -OCH3 is 1. The first-order chi connectivity index (χ1) is 15.6. The number of rotatable bonds is 5. The Kier molecular flexibility index (Phi) is 5.53. The summed E-state index contributed by atoms with van der Waals surface area (Å²) in [5, 5.41) is 8.75. The van der Waals surface area contributed by atoms with Crippen molar-refractivity contribution in [1.82, 2.24) is 14.6 Å². The van der Waals surface area contributed by atoms with Gasteiger partial charge in [0.05, 0.1) is 24.9 Å². The minimum atomic E-state index is -0.0607. The van der Waals surface area contributed by atoms with E-state index in [0.29, 0.717) is 6.54 Å². The second kappa shape index (κ2) is 8.63. The van der Waals surface area contributed by atoms with Crippen LogP contribution in [-0.2, 0) is 4.79 Å². The summed E-state index contributed by atoms with van der Waals surface area (Å²) in [6.45, 7) is 3.57.